The maximum atomic E-state index is 12.2. The van der Waals surface area contributed by atoms with Gasteiger partial charge in [-0.2, -0.15) is 5.26 Å². The van der Waals surface area contributed by atoms with Crippen LogP contribution in [0.2, 0.25) is 0 Å². The number of carbonyl (C=O) groups is 1. The van der Waals surface area contributed by atoms with E-state index in [0.717, 1.165) is 5.56 Å². The molecule has 2 aromatic rings. The summed E-state index contributed by atoms with van der Waals surface area (Å²) in [5.74, 6) is -0.402. The Balaban J connectivity index is 1.90. The third kappa shape index (κ3) is 4.67. The maximum Gasteiger partial charge on any atom is 0.224 e. The average molecular weight is 342 g/mol. The van der Waals surface area contributed by atoms with Gasteiger partial charge in [0, 0.05) is 6.42 Å². The highest BCUT2D eigenvalue weighted by Crippen LogP contribution is 2.16. The number of nitrogens with one attached hydrogen (secondary N) is 1. The van der Waals surface area contributed by atoms with Crippen molar-refractivity contribution in [2.45, 2.75) is 24.7 Å². The predicted octanol–water partition coefficient (Wildman–Crippen LogP) is 3.06. The Hall–Kier alpha value is -2.65. The first-order valence-electron chi connectivity index (χ1n) is 7.51. The van der Waals surface area contributed by atoms with E-state index in [1.165, 1.54) is 0 Å². The summed E-state index contributed by atoms with van der Waals surface area (Å²) in [6.07, 6.45) is 0.293. The van der Waals surface area contributed by atoms with Gasteiger partial charge in [-0.1, -0.05) is 29.8 Å². The van der Waals surface area contributed by atoms with Gasteiger partial charge in [0.15, 0.2) is 9.84 Å². The molecule has 0 aliphatic heterocycles. The number of para-hydroxylation sites is 1. The fourth-order valence-electron chi connectivity index (χ4n) is 2.19. The van der Waals surface area contributed by atoms with Crippen molar-refractivity contribution in [2.24, 2.45) is 0 Å². The molecule has 1 amide bonds. The minimum Gasteiger partial charge on any atom is -0.325 e. The van der Waals surface area contributed by atoms with Crippen LogP contribution in [-0.4, -0.2) is 20.1 Å². The molecule has 5 nitrogen and oxygen atoms in total. The highest BCUT2D eigenvalue weighted by Gasteiger charge is 2.15. The first kappa shape index (κ1) is 17.7. The monoisotopic (exact) mass is 342 g/mol. The van der Waals surface area contributed by atoms with Crippen LogP contribution >= 0.6 is 0 Å². The highest BCUT2D eigenvalue weighted by atomic mass is 32.2. The molecule has 0 heterocycles. The number of nitrogens with zero attached hydrogens (tertiary/aromatic N) is 1. The van der Waals surface area contributed by atoms with Crippen molar-refractivity contribution < 1.29 is 13.2 Å². The number of rotatable bonds is 6. The van der Waals surface area contributed by atoms with Crippen molar-refractivity contribution in [3.63, 3.8) is 0 Å². The number of carbonyl (C=O) groups excluding carboxylic acids is 1. The molecule has 0 fully saturated rings. The first-order valence-corrected chi connectivity index (χ1v) is 9.16. The lowest BCUT2D eigenvalue weighted by molar-refractivity contribution is -0.116. The van der Waals surface area contributed by atoms with Crippen LogP contribution in [0, 0.1) is 18.3 Å². The molecular formula is C18H18N2O3S. The van der Waals surface area contributed by atoms with Gasteiger partial charge in [0.25, 0.3) is 0 Å². The highest BCUT2D eigenvalue weighted by molar-refractivity contribution is 7.91. The second-order valence-corrected chi connectivity index (χ2v) is 7.55. The number of anilines is 1. The summed E-state index contributed by atoms with van der Waals surface area (Å²) >= 11 is 0. The molecule has 0 saturated carbocycles. The Bertz CT molecular complexity index is 866. The van der Waals surface area contributed by atoms with Gasteiger partial charge in [-0.15, -0.1) is 0 Å². The molecule has 0 saturated heterocycles. The number of hydrogen-bond donors (Lipinski definition) is 1. The molecule has 1 N–H and O–H groups in total. The maximum absolute atomic E-state index is 12.2. The molecule has 0 radical (unpaired) electrons. The smallest absolute Gasteiger partial charge is 0.224 e. The summed E-state index contributed by atoms with van der Waals surface area (Å²) in [5, 5.41) is 11.6. The Morgan fingerprint density at radius 2 is 1.79 bits per heavy atom. The van der Waals surface area contributed by atoms with Gasteiger partial charge < -0.3 is 5.32 Å². The fraction of sp³-hybridized carbons (Fsp3) is 0.222. The Morgan fingerprint density at radius 3 is 2.46 bits per heavy atom. The van der Waals surface area contributed by atoms with E-state index in [1.54, 1.807) is 48.5 Å². The SMILES string of the molecule is Cc1ccc(S(=O)(=O)CCCC(=O)Nc2ccccc2C#N)cc1. The van der Waals surface area contributed by atoms with Crippen molar-refractivity contribution in [2.75, 3.05) is 11.1 Å². The van der Waals surface area contributed by atoms with Crippen molar-refractivity contribution >= 4 is 21.4 Å². The summed E-state index contributed by atoms with van der Waals surface area (Å²) in [7, 11) is -3.39. The van der Waals surface area contributed by atoms with E-state index in [-0.39, 0.29) is 29.4 Å². The van der Waals surface area contributed by atoms with E-state index in [1.807, 2.05) is 13.0 Å². The van der Waals surface area contributed by atoms with Gasteiger partial charge in [-0.05, 0) is 37.6 Å². The molecule has 0 aliphatic carbocycles. The summed E-state index contributed by atoms with van der Waals surface area (Å²) < 4.78 is 24.4. The molecular weight excluding hydrogens is 324 g/mol. The molecule has 24 heavy (non-hydrogen) atoms. The third-order valence-electron chi connectivity index (χ3n) is 3.52. The standard InChI is InChI=1S/C18H18N2O3S/c1-14-8-10-16(11-9-14)24(22,23)12-4-7-18(21)20-17-6-3-2-5-15(17)13-19/h2-3,5-6,8-11H,4,7,12H2,1H3,(H,20,21). The van der Waals surface area contributed by atoms with Gasteiger partial charge in [0.1, 0.15) is 6.07 Å². The van der Waals surface area contributed by atoms with E-state index in [0.29, 0.717) is 11.3 Å². The summed E-state index contributed by atoms with van der Waals surface area (Å²) in [6.45, 7) is 1.89. The molecule has 0 aliphatic rings. The number of amides is 1. The lowest BCUT2D eigenvalue weighted by Crippen LogP contribution is -2.15. The second kappa shape index (κ2) is 7.75. The zero-order chi connectivity index (χ0) is 17.6. The average Bonchev–Trinajstić information content (AvgIpc) is 2.55. The molecule has 124 valence electrons. The molecule has 2 rings (SSSR count). The molecule has 6 heteroatoms. The quantitative estimate of drug-likeness (QED) is 0.874. The van der Waals surface area contributed by atoms with Crippen molar-refractivity contribution in [3.05, 3.63) is 59.7 Å². The number of nitriles is 1. The lowest BCUT2D eigenvalue weighted by atomic mass is 10.2. The van der Waals surface area contributed by atoms with Crippen molar-refractivity contribution in [3.8, 4) is 6.07 Å². The van der Waals surface area contributed by atoms with E-state index < -0.39 is 9.84 Å². The Labute approximate surface area is 141 Å². The van der Waals surface area contributed by atoms with Gasteiger partial charge in [-0.3, -0.25) is 4.79 Å². The first-order chi connectivity index (χ1) is 11.4. The molecule has 0 spiro atoms. The van der Waals surface area contributed by atoms with Crippen LogP contribution in [0.5, 0.6) is 0 Å². The van der Waals surface area contributed by atoms with Gasteiger partial charge in [0.05, 0.1) is 21.9 Å². The molecule has 0 unspecified atom stereocenters. The van der Waals surface area contributed by atoms with Crippen LogP contribution < -0.4 is 5.32 Å². The minimum atomic E-state index is -3.39. The predicted molar refractivity (Wildman–Crippen MR) is 92.3 cm³/mol. The largest absolute Gasteiger partial charge is 0.325 e. The Morgan fingerprint density at radius 1 is 1.12 bits per heavy atom. The zero-order valence-corrected chi connectivity index (χ0v) is 14.1. The summed E-state index contributed by atoms with van der Waals surface area (Å²) in [5.41, 5.74) is 1.80. The van der Waals surface area contributed by atoms with Crippen LogP contribution in [0.15, 0.2) is 53.4 Å². The van der Waals surface area contributed by atoms with E-state index >= 15 is 0 Å². The van der Waals surface area contributed by atoms with Crippen molar-refractivity contribution in [1.82, 2.24) is 0 Å². The Kier molecular flexibility index (Phi) is 5.72. The minimum absolute atomic E-state index is 0.0743. The van der Waals surface area contributed by atoms with Crippen LogP contribution in [0.1, 0.15) is 24.0 Å². The molecule has 2 aromatic carbocycles. The summed E-state index contributed by atoms with van der Waals surface area (Å²) in [6, 6.07) is 15.3. The number of aryl methyl sites for hydroxylation is 1. The van der Waals surface area contributed by atoms with Gasteiger partial charge >= 0.3 is 0 Å². The second-order valence-electron chi connectivity index (χ2n) is 5.44. The molecule has 0 aromatic heterocycles. The van der Waals surface area contributed by atoms with Gasteiger partial charge in [-0.25, -0.2) is 8.42 Å². The number of hydrogen-bond acceptors (Lipinski definition) is 4. The zero-order valence-electron chi connectivity index (χ0n) is 13.3. The molecule has 0 atom stereocenters. The van der Waals surface area contributed by atoms with E-state index in [4.69, 9.17) is 5.26 Å². The van der Waals surface area contributed by atoms with Crippen LogP contribution in [0.4, 0.5) is 5.69 Å². The van der Waals surface area contributed by atoms with E-state index in [9.17, 15) is 13.2 Å². The van der Waals surface area contributed by atoms with Crippen LogP contribution in [-0.2, 0) is 14.6 Å². The van der Waals surface area contributed by atoms with Gasteiger partial charge in [0.2, 0.25) is 5.91 Å². The van der Waals surface area contributed by atoms with Crippen LogP contribution in [0.3, 0.4) is 0 Å². The summed E-state index contributed by atoms with van der Waals surface area (Å²) in [4.78, 5) is 12.2. The number of sulfone groups is 1. The third-order valence-corrected chi connectivity index (χ3v) is 5.34. The van der Waals surface area contributed by atoms with Crippen molar-refractivity contribution in [1.29, 1.82) is 5.26 Å². The number of benzene rings is 2. The lowest BCUT2D eigenvalue weighted by Gasteiger charge is -2.07. The van der Waals surface area contributed by atoms with Crippen LogP contribution in [0.25, 0.3) is 0 Å². The normalized spacial score (nSPS) is 10.8. The van der Waals surface area contributed by atoms with E-state index in [2.05, 4.69) is 5.32 Å². The molecule has 0 bridgehead atoms. The topological polar surface area (TPSA) is 87.0 Å². The fourth-order valence-corrected chi connectivity index (χ4v) is 3.50.